The van der Waals surface area contributed by atoms with E-state index in [1.165, 1.54) is 12.8 Å². The summed E-state index contributed by atoms with van der Waals surface area (Å²) in [6.07, 6.45) is 2.43. The molecule has 0 aromatic carbocycles. The maximum Gasteiger partial charge on any atom is 0.0362 e. The van der Waals surface area contributed by atoms with Crippen LogP contribution in [0.4, 0.5) is 0 Å². The van der Waals surface area contributed by atoms with E-state index >= 15 is 0 Å². The van der Waals surface area contributed by atoms with Crippen molar-refractivity contribution in [2.24, 2.45) is 5.92 Å². The first kappa shape index (κ1) is 15.1. The summed E-state index contributed by atoms with van der Waals surface area (Å²) in [6.45, 7) is 11.0. The van der Waals surface area contributed by atoms with Crippen LogP contribution in [0.3, 0.4) is 0 Å². The van der Waals surface area contributed by atoms with E-state index in [-0.39, 0.29) is 0 Å². The van der Waals surface area contributed by atoms with E-state index < -0.39 is 10.8 Å². The van der Waals surface area contributed by atoms with Gasteiger partial charge in [-0.2, -0.15) is 0 Å². The summed E-state index contributed by atoms with van der Waals surface area (Å²) in [5.41, 5.74) is 0. The lowest BCUT2D eigenvalue weighted by Crippen LogP contribution is -2.44. The van der Waals surface area contributed by atoms with Crippen molar-refractivity contribution in [2.75, 3.05) is 37.7 Å². The van der Waals surface area contributed by atoms with E-state index in [1.807, 2.05) is 6.92 Å². The summed E-state index contributed by atoms with van der Waals surface area (Å²) in [7, 11) is -0.618. The first-order valence-electron chi connectivity index (χ1n) is 6.96. The van der Waals surface area contributed by atoms with Crippen LogP contribution in [0.5, 0.6) is 0 Å². The molecule has 0 amide bonds. The van der Waals surface area contributed by atoms with Crippen molar-refractivity contribution in [3.8, 4) is 0 Å². The summed E-state index contributed by atoms with van der Waals surface area (Å²) in [4.78, 5) is 2.50. The Labute approximate surface area is 109 Å². The molecule has 3 atom stereocenters. The van der Waals surface area contributed by atoms with Crippen molar-refractivity contribution < 1.29 is 4.21 Å². The zero-order chi connectivity index (χ0) is 12.7. The van der Waals surface area contributed by atoms with Gasteiger partial charge in [0.25, 0.3) is 0 Å². The quantitative estimate of drug-likeness (QED) is 0.812. The lowest BCUT2D eigenvalue weighted by atomic mass is 10.0. The minimum atomic E-state index is -0.618. The van der Waals surface area contributed by atoms with Crippen LogP contribution in [0, 0.1) is 5.92 Å². The molecule has 0 bridgehead atoms. The Morgan fingerprint density at radius 2 is 2.18 bits per heavy atom. The molecule has 102 valence electrons. The number of hydrogen-bond acceptors (Lipinski definition) is 3. The Balaban J connectivity index is 2.38. The molecule has 1 aliphatic rings. The summed E-state index contributed by atoms with van der Waals surface area (Å²) in [6, 6.07) is 0.664. The maximum atomic E-state index is 11.5. The van der Waals surface area contributed by atoms with Crippen LogP contribution < -0.4 is 5.32 Å². The van der Waals surface area contributed by atoms with Crippen LogP contribution in [-0.4, -0.2) is 52.8 Å². The Morgan fingerprint density at radius 3 is 2.82 bits per heavy atom. The molecule has 17 heavy (non-hydrogen) atoms. The highest BCUT2D eigenvalue weighted by atomic mass is 32.2. The molecular formula is C13H28N2OS. The summed E-state index contributed by atoms with van der Waals surface area (Å²) >= 11 is 0. The molecule has 1 saturated heterocycles. The molecule has 1 N–H and O–H groups in total. The number of nitrogens with one attached hydrogen (secondary N) is 1. The fraction of sp³-hybridized carbons (Fsp3) is 1.00. The molecule has 0 spiro atoms. The van der Waals surface area contributed by atoms with E-state index in [0.717, 1.165) is 37.7 Å². The zero-order valence-corrected chi connectivity index (χ0v) is 12.4. The van der Waals surface area contributed by atoms with E-state index in [1.54, 1.807) is 0 Å². The van der Waals surface area contributed by atoms with Gasteiger partial charge in [-0.05, 0) is 31.8 Å². The van der Waals surface area contributed by atoms with Crippen molar-refractivity contribution in [1.29, 1.82) is 0 Å². The van der Waals surface area contributed by atoms with Gasteiger partial charge in [-0.15, -0.1) is 0 Å². The van der Waals surface area contributed by atoms with Crippen molar-refractivity contribution in [1.82, 2.24) is 10.2 Å². The molecule has 0 saturated carbocycles. The fourth-order valence-electron chi connectivity index (χ4n) is 2.33. The van der Waals surface area contributed by atoms with Gasteiger partial charge in [0.2, 0.25) is 0 Å². The van der Waals surface area contributed by atoms with Gasteiger partial charge < -0.3 is 10.2 Å². The van der Waals surface area contributed by atoms with E-state index in [2.05, 4.69) is 24.1 Å². The van der Waals surface area contributed by atoms with Gasteiger partial charge in [0.05, 0.1) is 0 Å². The van der Waals surface area contributed by atoms with E-state index in [4.69, 9.17) is 0 Å². The molecule has 0 aliphatic carbocycles. The van der Waals surface area contributed by atoms with Crippen LogP contribution in [0.15, 0.2) is 0 Å². The fourth-order valence-corrected chi connectivity index (χ4v) is 3.08. The normalized spacial score (nSPS) is 29.6. The predicted molar refractivity (Wildman–Crippen MR) is 75.9 cm³/mol. The Hall–Kier alpha value is 0.0700. The van der Waals surface area contributed by atoms with Gasteiger partial charge >= 0.3 is 0 Å². The van der Waals surface area contributed by atoms with E-state index in [9.17, 15) is 4.21 Å². The highest BCUT2D eigenvalue weighted by molar-refractivity contribution is 7.84. The van der Waals surface area contributed by atoms with Gasteiger partial charge in [0.15, 0.2) is 0 Å². The molecule has 1 aliphatic heterocycles. The van der Waals surface area contributed by atoms with Gasteiger partial charge in [0, 0.05) is 41.4 Å². The van der Waals surface area contributed by atoms with E-state index in [0.29, 0.717) is 12.0 Å². The van der Waals surface area contributed by atoms with Crippen LogP contribution in [-0.2, 0) is 10.8 Å². The van der Waals surface area contributed by atoms with Crippen molar-refractivity contribution in [2.45, 2.75) is 39.7 Å². The largest absolute Gasteiger partial charge is 0.314 e. The topological polar surface area (TPSA) is 32.3 Å². The zero-order valence-electron chi connectivity index (χ0n) is 11.6. The van der Waals surface area contributed by atoms with Gasteiger partial charge in [-0.25, -0.2) is 0 Å². The molecule has 0 aromatic rings. The second-order valence-corrected chi connectivity index (χ2v) is 7.01. The molecule has 1 heterocycles. The standard InChI is InChI=1S/C13H28N2OS/c1-4-13-6-7-15(8-9-17(16)5-2)11-12(3)10-14-13/h12-14H,4-11H2,1-3H3. The van der Waals surface area contributed by atoms with Gasteiger partial charge in [-0.3, -0.25) is 4.21 Å². The third-order valence-electron chi connectivity index (χ3n) is 3.57. The lowest BCUT2D eigenvalue weighted by Gasteiger charge is -2.31. The molecule has 3 unspecified atom stereocenters. The van der Waals surface area contributed by atoms with Crippen LogP contribution >= 0.6 is 0 Å². The van der Waals surface area contributed by atoms with Crippen molar-refractivity contribution in [3.05, 3.63) is 0 Å². The Morgan fingerprint density at radius 1 is 1.41 bits per heavy atom. The SMILES string of the molecule is CCC1CCN(CCS(=O)CC)CC(C)CN1. The minimum Gasteiger partial charge on any atom is -0.314 e. The third kappa shape index (κ3) is 5.98. The monoisotopic (exact) mass is 260 g/mol. The van der Waals surface area contributed by atoms with Crippen molar-refractivity contribution in [3.63, 3.8) is 0 Å². The number of hydrogen-bond donors (Lipinski definition) is 1. The van der Waals surface area contributed by atoms with Crippen LogP contribution in [0.25, 0.3) is 0 Å². The average Bonchev–Trinajstić information content (AvgIpc) is 2.32. The maximum absolute atomic E-state index is 11.5. The highest BCUT2D eigenvalue weighted by Crippen LogP contribution is 2.09. The molecule has 4 heteroatoms. The smallest absolute Gasteiger partial charge is 0.0362 e. The van der Waals surface area contributed by atoms with Crippen LogP contribution in [0.2, 0.25) is 0 Å². The number of nitrogens with zero attached hydrogens (tertiary/aromatic N) is 1. The van der Waals surface area contributed by atoms with Crippen molar-refractivity contribution >= 4 is 10.8 Å². The Bertz CT molecular complexity index is 235. The molecule has 1 fully saturated rings. The third-order valence-corrected chi connectivity index (χ3v) is 4.85. The lowest BCUT2D eigenvalue weighted by molar-refractivity contribution is 0.206. The summed E-state index contributed by atoms with van der Waals surface area (Å²) in [5, 5.41) is 3.63. The molecule has 0 radical (unpaired) electrons. The molecule has 1 rings (SSSR count). The van der Waals surface area contributed by atoms with Crippen LogP contribution in [0.1, 0.15) is 33.6 Å². The first-order chi connectivity index (χ1) is 8.15. The number of rotatable bonds is 5. The second-order valence-electron chi connectivity index (χ2n) is 5.14. The molecular weight excluding hydrogens is 232 g/mol. The first-order valence-corrected chi connectivity index (χ1v) is 8.45. The van der Waals surface area contributed by atoms with Gasteiger partial charge in [0.1, 0.15) is 0 Å². The Kier molecular flexibility index (Phi) is 7.32. The molecule has 3 nitrogen and oxygen atoms in total. The minimum absolute atomic E-state index is 0.618. The second kappa shape index (κ2) is 8.22. The summed E-state index contributed by atoms with van der Waals surface area (Å²) in [5.74, 6) is 2.33. The average molecular weight is 260 g/mol. The summed E-state index contributed by atoms with van der Waals surface area (Å²) < 4.78 is 11.5. The molecule has 0 aromatic heterocycles. The predicted octanol–water partition coefficient (Wildman–Crippen LogP) is 1.46. The van der Waals surface area contributed by atoms with Gasteiger partial charge in [-0.1, -0.05) is 20.8 Å². The highest BCUT2D eigenvalue weighted by Gasteiger charge is 2.17.